The van der Waals surface area contributed by atoms with Crippen molar-refractivity contribution < 1.29 is 9.21 Å². The largest absolute Gasteiger partial charge is 0.472 e. The SMILES string of the molecule is Cc1cc(C#N)ncc1C(=O)Nc1ccc(N)c(C(=N)c2ccoc2)c1. The van der Waals surface area contributed by atoms with Gasteiger partial charge in [0.25, 0.3) is 5.91 Å². The van der Waals surface area contributed by atoms with Crippen LogP contribution in [0.2, 0.25) is 0 Å². The first-order valence-corrected chi connectivity index (χ1v) is 7.68. The molecule has 2 heterocycles. The number of nitrogens with two attached hydrogens (primary N) is 1. The molecule has 7 nitrogen and oxygen atoms in total. The van der Waals surface area contributed by atoms with Gasteiger partial charge in [0, 0.05) is 28.7 Å². The lowest BCUT2D eigenvalue weighted by atomic mass is 10.0. The van der Waals surface area contributed by atoms with E-state index in [1.807, 2.05) is 6.07 Å². The molecule has 0 unspecified atom stereocenters. The Kier molecular flexibility index (Phi) is 4.50. The zero-order valence-electron chi connectivity index (χ0n) is 13.9. The van der Waals surface area contributed by atoms with E-state index < -0.39 is 0 Å². The summed E-state index contributed by atoms with van der Waals surface area (Å²) in [4.78, 5) is 16.4. The molecule has 0 saturated heterocycles. The van der Waals surface area contributed by atoms with Crippen LogP contribution in [0.3, 0.4) is 0 Å². The number of carbonyl (C=O) groups is 1. The molecule has 7 heteroatoms. The molecule has 1 aromatic carbocycles. The molecular formula is C19H15N5O2. The third kappa shape index (κ3) is 3.30. The van der Waals surface area contributed by atoms with Crippen LogP contribution in [0.1, 0.15) is 32.7 Å². The summed E-state index contributed by atoms with van der Waals surface area (Å²) in [6.45, 7) is 1.74. The van der Waals surface area contributed by atoms with Crippen molar-refractivity contribution in [3.63, 3.8) is 0 Å². The molecule has 0 aliphatic carbocycles. The summed E-state index contributed by atoms with van der Waals surface area (Å²) in [5.74, 6) is -0.356. The van der Waals surface area contributed by atoms with E-state index >= 15 is 0 Å². The van der Waals surface area contributed by atoms with Crippen molar-refractivity contribution in [3.8, 4) is 6.07 Å². The Labute approximate surface area is 149 Å². The molecule has 0 atom stereocenters. The maximum atomic E-state index is 12.5. The van der Waals surface area contributed by atoms with Crippen molar-refractivity contribution in [2.24, 2.45) is 0 Å². The molecule has 0 aliphatic heterocycles. The number of carbonyl (C=O) groups excluding carboxylic acids is 1. The maximum Gasteiger partial charge on any atom is 0.257 e. The summed E-state index contributed by atoms with van der Waals surface area (Å²) >= 11 is 0. The normalized spacial score (nSPS) is 10.2. The fraction of sp³-hybridized carbons (Fsp3) is 0.0526. The number of nitrogens with one attached hydrogen (secondary N) is 2. The van der Waals surface area contributed by atoms with Crippen molar-refractivity contribution in [3.05, 3.63) is 77.0 Å². The van der Waals surface area contributed by atoms with Crippen molar-refractivity contribution >= 4 is 23.0 Å². The third-order valence-corrected chi connectivity index (χ3v) is 3.86. The van der Waals surface area contributed by atoms with Gasteiger partial charge in [-0.25, -0.2) is 4.98 Å². The van der Waals surface area contributed by atoms with E-state index in [0.717, 1.165) is 0 Å². The lowest BCUT2D eigenvalue weighted by Crippen LogP contribution is -2.15. The second kappa shape index (κ2) is 6.91. The smallest absolute Gasteiger partial charge is 0.257 e. The summed E-state index contributed by atoms with van der Waals surface area (Å²) in [5, 5.41) is 19.9. The standard InChI is InChI=1S/C19H15N5O2/c1-11-6-14(8-20)23-9-16(11)19(25)24-13-2-3-17(21)15(7-13)18(22)12-4-5-26-10-12/h2-7,9-10,22H,21H2,1H3,(H,24,25). The topological polar surface area (TPSA) is 129 Å². The van der Waals surface area contributed by atoms with Crippen molar-refractivity contribution in [2.75, 3.05) is 11.1 Å². The van der Waals surface area contributed by atoms with Gasteiger partial charge >= 0.3 is 0 Å². The lowest BCUT2D eigenvalue weighted by molar-refractivity contribution is 0.102. The van der Waals surface area contributed by atoms with Crippen molar-refractivity contribution in [1.82, 2.24) is 4.98 Å². The van der Waals surface area contributed by atoms with Gasteiger partial charge in [-0.1, -0.05) is 0 Å². The average Bonchev–Trinajstić information content (AvgIpc) is 3.17. The van der Waals surface area contributed by atoms with Crippen LogP contribution in [0.15, 0.2) is 53.5 Å². The predicted octanol–water partition coefficient (Wildman–Crippen LogP) is 3.11. The number of pyridine rings is 1. The zero-order valence-corrected chi connectivity index (χ0v) is 13.9. The van der Waals surface area contributed by atoms with Gasteiger partial charge in [-0.15, -0.1) is 0 Å². The fourth-order valence-corrected chi connectivity index (χ4v) is 2.47. The van der Waals surface area contributed by atoms with E-state index in [9.17, 15) is 4.79 Å². The second-order valence-electron chi connectivity index (χ2n) is 5.64. The summed E-state index contributed by atoms with van der Waals surface area (Å²) in [6, 6.07) is 10.1. The highest BCUT2D eigenvalue weighted by Gasteiger charge is 2.14. The summed E-state index contributed by atoms with van der Waals surface area (Å²) in [7, 11) is 0. The molecule has 0 spiro atoms. The first-order valence-electron chi connectivity index (χ1n) is 7.68. The highest BCUT2D eigenvalue weighted by atomic mass is 16.3. The number of hydrogen-bond donors (Lipinski definition) is 3. The molecule has 1 amide bonds. The molecule has 26 heavy (non-hydrogen) atoms. The maximum absolute atomic E-state index is 12.5. The molecule has 0 aliphatic rings. The quantitative estimate of drug-likeness (QED) is 0.494. The van der Waals surface area contributed by atoms with Crippen LogP contribution in [0.4, 0.5) is 11.4 Å². The van der Waals surface area contributed by atoms with Crippen LogP contribution in [0, 0.1) is 23.7 Å². The Balaban J connectivity index is 1.87. The van der Waals surface area contributed by atoms with Crippen molar-refractivity contribution in [2.45, 2.75) is 6.92 Å². The Morgan fingerprint density at radius 2 is 2.12 bits per heavy atom. The van der Waals surface area contributed by atoms with E-state index in [1.165, 1.54) is 18.7 Å². The molecule has 2 aromatic heterocycles. The lowest BCUT2D eigenvalue weighted by Gasteiger charge is -2.11. The Morgan fingerprint density at radius 3 is 2.77 bits per heavy atom. The molecule has 0 bridgehead atoms. The van der Waals surface area contributed by atoms with E-state index in [4.69, 9.17) is 20.8 Å². The predicted molar refractivity (Wildman–Crippen MR) is 97.1 cm³/mol. The number of aryl methyl sites for hydroxylation is 1. The number of nitrogens with zero attached hydrogens (tertiary/aromatic N) is 2. The summed E-state index contributed by atoms with van der Waals surface area (Å²) in [6.07, 6.45) is 4.31. The van der Waals surface area contributed by atoms with E-state index in [0.29, 0.717) is 33.6 Å². The molecule has 0 radical (unpaired) electrons. The Morgan fingerprint density at radius 1 is 1.31 bits per heavy atom. The van der Waals surface area contributed by atoms with Gasteiger partial charge in [-0.2, -0.15) is 5.26 Å². The number of nitrogen functional groups attached to an aromatic ring is 1. The molecule has 128 valence electrons. The van der Waals surface area contributed by atoms with Gasteiger partial charge in [0.1, 0.15) is 11.8 Å². The van der Waals surface area contributed by atoms with E-state index in [-0.39, 0.29) is 17.3 Å². The molecular weight excluding hydrogens is 330 g/mol. The first-order chi connectivity index (χ1) is 12.5. The minimum Gasteiger partial charge on any atom is -0.472 e. The highest BCUT2D eigenvalue weighted by molar-refractivity contribution is 6.14. The number of anilines is 2. The van der Waals surface area contributed by atoms with E-state index in [2.05, 4.69) is 10.3 Å². The third-order valence-electron chi connectivity index (χ3n) is 3.86. The second-order valence-corrected chi connectivity index (χ2v) is 5.64. The van der Waals surface area contributed by atoms with Crippen LogP contribution in [0.5, 0.6) is 0 Å². The Hall–Kier alpha value is -3.92. The van der Waals surface area contributed by atoms with Gasteiger partial charge in [-0.05, 0) is 42.8 Å². The van der Waals surface area contributed by atoms with Gasteiger partial charge in [0.2, 0.25) is 0 Å². The van der Waals surface area contributed by atoms with Crippen LogP contribution in [-0.2, 0) is 0 Å². The number of rotatable bonds is 4. The van der Waals surface area contributed by atoms with Gasteiger partial charge in [-0.3, -0.25) is 10.2 Å². The number of benzene rings is 1. The van der Waals surface area contributed by atoms with Crippen LogP contribution < -0.4 is 11.1 Å². The molecule has 0 fully saturated rings. The van der Waals surface area contributed by atoms with Crippen LogP contribution in [-0.4, -0.2) is 16.6 Å². The Bertz CT molecular complexity index is 1030. The van der Waals surface area contributed by atoms with Gasteiger partial charge < -0.3 is 15.5 Å². The van der Waals surface area contributed by atoms with Crippen molar-refractivity contribution in [1.29, 1.82) is 10.7 Å². The highest BCUT2D eigenvalue weighted by Crippen LogP contribution is 2.22. The molecule has 0 saturated carbocycles. The summed E-state index contributed by atoms with van der Waals surface area (Å²) in [5.41, 5.74) is 9.43. The number of amides is 1. The molecule has 3 aromatic rings. The molecule has 3 rings (SSSR count). The summed E-state index contributed by atoms with van der Waals surface area (Å²) < 4.78 is 5.00. The van der Waals surface area contributed by atoms with E-state index in [1.54, 1.807) is 37.3 Å². The number of hydrogen-bond acceptors (Lipinski definition) is 6. The van der Waals surface area contributed by atoms with Crippen LogP contribution >= 0.6 is 0 Å². The monoisotopic (exact) mass is 345 g/mol. The minimum atomic E-state index is -0.356. The molecule has 4 N–H and O–H groups in total. The van der Waals surface area contributed by atoms with Crippen LogP contribution in [0.25, 0.3) is 0 Å². The minimum absolute atomic E-state index is 0.198. The number of furan rings is 1. The number of aromatic nitrogens is 1. The van der Waals surface area contributed by atoms with Gasteiger partial charge in [0.05, 0.1) is 23.8 Å². The zero-order chi connectivity index (χ0) is 18.7. The average molecular weight is 345 g/mol. The van der Waals surface area contributed by atoms with Gasteiger partial charge in [0.15, 0.2) is 0 Å². The number of nitriles is 1. The first kappa shape index (κ1) is 16.9. The fourth-order valence-electron chi connectivity index (χ4n) is 2.47.